The van der Waals surface area contributed by atoms with Crippen LogP contribution >= 0.6 is 0 Å². The predicted molar refractivity (Wildman–Crippen MR) is 123 cm³/mol. The molecule has 3 aromatic heterocycles. The number of amides is 2. The van der Waals surface area contributed by atoms with Crippen molar-refractivity contribution in [3.8, 4) is 0 Å². The first-order chi connectivity index (χ1) is 16.0. The zero-order chi connectivity index (χ0) is 23.1. The molecule has 0 aliphatic carbocycles. The first-order valence-electron chi connectivity index (χ1n) is 11.1. The molecule has 1 aliphatic heterocycles. The van der Waals surface area contributed by atoms with E-state index in [4.69, 9.17) is 4.42 Å². The Balaban J connectivity index is 1.47. The molecule has 0 bridgehead atoms. The van der Waals surface area contributed by atoms with E-state index < -0.39 is 6.04 Å². The van der Waals surface area contributed by atoms with Gasteiger partial charge in [0.25, 0.3) is 11.5 Å². The summed E-state index contributed by atoms with van der Waals surface area (Å²) in [4.78, 5) is 42.8. The van der Waals surface area contributed by atoms with Gasteiger partial charge < -0.3 is 18.8 Å². The second-order valence-electron chi connectivity index (χ2n) is 8.24. The maximum absolute atomic E-state index is 13.7. The van der Waals surface area contributed by atoms with Gasteiger partial charge >= 0.3 is 0 Å². The van der Waals surface area contributed by atoms with Crippen molar-refractivity contribution in [3.05, 3.63) is 65.0 Å². The molecule has 2 amide bonds. The molecule has 9 nitrogen and oxygen atoms in total. The molecule has 0 N–H and O–H groups in total. The van der Waals surface area contributed by atoms with Gasteiger partial charge in [-0.25, -0.2) is 4.68 Å². The molecule has 9 heteroatoms. The fourth-order valence-electron chi connectivity index (χ4n) is 4.68. The summed E-state index contributed by atoms with van der Waals surface area (Å²) in [6.45, 7) is 3.67. The summed E-state index contributed by atoms with van der Waals surface area (Å²) in [5, 5.41) is 5.83. The maximum Gasteiger partial charge on any atom is 0.291 e. The summed E-state index contributed by atoms with van der Waals surface area (Å²) in [5.74, 6) is 0.0811. The van der Waals surface area contributed by atoms with Gasteiger partial charge in [0.05, 0.1) is 18.0 Å². The Morgan fingerprint density at radius 3 is 2.45 bits per heavy atom. The molecule has 0 radical (unpaired) electrons. The highest BCUT2D eigenvalue weighted by atomic mass is 16.3. The fraction of sp³-hybridized carbons (Fsp3) is 0.333. The van der Waals surface area contributed by atoms with E-state index in [9.17, 15) is 14.4 Å². The maximum atomic E-state index is 13.7. The SMILES string of the molecule is CC[C@@H](C(=O)N1CCN(C(=O)c2ccco2)CC1)n1c2ccccc2c2cnn(C)c(=O)c21. The van der Waals surface area contributed by atoms with Crippen LogP contribution in [0.4, 0.5) is 0 Å². The van der Waals surface area contributed by atoms with Gasteiger partial charge in [-0.05, 0) is 24.6 Å². The Hall–Kier alpha value is -3.88. The molecule has 0 unspecified atom stereocenters. The topological polar surface area (TPSA) is 93.6 Å². The van der Waals surface area contributed by atoms with Crippen LogP contribution in [0.25, 0.3) is 21.8 Å². The van der Waals surface area contributed by atoms with Gasteiger partial charge in [0.15, 0.2) is 5.76 Å². The number of carbonyl (C=O) groups excluding carboxylic acids is 2. The molecule has 1 aliphatic rings. The largest absolute Gasteiger partial charge is 0.459 e. The fourth-order valence-corrected chi connectivity index (χ4v) is 4.68. The van der Waals surface area contributed by atoms with Crippen LogP contribution in [-0.2, 0) is 11.8 Å². The number of benzene rings is 1. The molecule has 33 heavy (non-hydrogen) atoms. The van der Waals surface area contributed by atoms with Gasteiger partial charge in [0.1, 0.15) is 11.6 Å². The highest BCUT2D eigenvalue weighted by molar-refractivity contribution is 6.08. The Labute approximate surface area is 189 Å². The predicted octanol–water partition coefficient (Wildman–Crippen LogP) is 2.42. The molecule has 1 fully saturated rings. The summed E-state index contributed by atoms with van der Waals surface area (Å²) in [5.41, 5.74) is 1.09. The van der Waals surface area contributed by atoms with Crippen molar-refractivity contribution in [1.82, 2.24) is 24.1 Å². The van der Waals surface area contributed by atoms with Crippen molar-refractivity contribution in [1.29, 1.82) is 0 Å². The number of fused-ring (bicyclic) bond motifs is 3. The van der Waals surface area contributed by atoms with Gasteiger partial charge in [0.2, 0.25) is 5.91 Å². The molecule has 0 saturated carbocycles. The first kappa shape index (κ1) is 21.0. The lowest BCUT2D eigenvalue weighted by Gasteiger charge is -2.36. The van der Waals surface area contributed by atoms with Crippen molar-refractivity contribution < 1.29 is 14.0 Å². The number of para-hydroxylation sites is 1. The molecule has 4 aromatic rings. The summed E-state index contributed by atoms with van der Waals surface area (Å²) < 4.78 is 8.39. The smallest absolute Gasteiger partial charge is 0.291 e. The normalized spacial score (nSPS) is 15.3. The molecule has 1 saturated heterocycles. The Morgan fingerprint density at radius 2 is 1.76 bits per heavy atom. The van der Waals surface area contributed by atoms with Crippen molar-refractivity contribution >= 4 is 33.6 Å². The lowest BCUT2D eigenvalue weighted by Crippen LogP contribution is -2.52. The van der Waals surface area contributed by atoms with Crippen molar-refractivity contribution in [2.24, 2.45) is 7.05 Å². The zero-order valence-electron chi connectivity index (χ0n) is 18.6. The lowest BCUT2D eigenvalue weighted by molar-refractivity contribution is -0.136. The average molecular weight is 447 g/mol. The number of aromatic nitrogens is 3. The number of hydrogen-bond donors (Lipinski definition) is 0. The minimum atomic E-state index is -0.533. The quantitative estimate of drug-likeness (QED) is 0.479. The second kappa shape index (κ2) is 8.23. The Morgan fingerprint density at radius 1 is 1.03 bits per heavy atom. The van der Waals surface area contributed by atoms with E-state index in [-0.39, 0.29) is 17.4 Å². The van der Waals surface area contributed by atoms with Crippen LogP contribution in [-0.4, -0.2) is 62.1 Å². The number of carbonyl (C=O) groups is 2. The third-order valence-electron chi connectivity index (χ3n) is 6.40. The molecule has 5 rings (SSSR count). The molecule has 170 valence electrons. The second-order valence-corrected chi connectivity index (χ2v) is 8.24. The van der Waals surface area contributed by atoms with Crippen molar-refractivity contribution in [2.75, 3.05) is 26.2 Å². The van der Waals surface area contributed by atoms with Crippen LogP contribution in [0.15, 0.2) is 58.1 Å². The van der Waals surface area contributed by atoms with Gasteiger partial charge in [-0.3, -0.25) is 14.4 Å². The Bertz CT molecular complexity index is 1390. The minimum Gasteiger partial charge on any atom is -0.459 e. The minimum absolute atomic E-state index is 0.0517. The van der Waals surface area contributed by atoms with Gasteiger partial charge in [0, 0.05) is 44.0 Å². The van der Waals surface area contributed by atoms with E-state index in [1.54, 1.807) is 35.2 Å². The molecular formula is C24H25N5O4. The van der Waals surface area contributed by atoms with Crippen LogP contribution in [0.3, 0.4) is 0 Å². The zero-order valence-corrected chi connectivity index (χ0v) is 18.6. The van der Waals surface area contributed by atoms with Crippen molar-refractivity contribution in [3.63, 3.8) is 0 Å². The first-order valence-corrected chi connectivity index (χ1v) is 11.1. The number of rotatable bonds is 4. The standard InChI is InChI=1S/C24H25N5O4/c1-3-18(22(30)27-10-12-28(13-11-27)23(31)20-9-6-14-33-20)29-19-8-5-4-7-16(19)17-15-25-26(2)24(32)21(17)29/h4-9,14-15,18H,3,10-13H2,1-2H3/t18-/m0/s1. The molecule has 1 aromatic carbocycles. The number of nitrogens with zero attached hydrogens (tertiary/aromatic N) is 5. The third-order valence-corrected chi connectivity index (χ3v) is 6.40. The van der Waals surface area contributed by atoms with E-state index in [1.165, 1.54) is 10.9 Å². The lowest BCUT2D eigenvalue weighted by atomic mass is 10.1. The summed E-state index contributed by atoms with van der Waals surface area (Å²) >= 11 is 0. The summed E-state index contributed by atoms with van der Waals surface area (Å²) in [6, 6.07) is 10.5. The van der Waals surface area contributed by atoms with Gasteiger partial charge in [-0.1, -0.05) is 25.1 Å². The molecule has 0 spiro atoms. The number of piperazine rings is 1. The van der Waals surface area contributed by atoms with E-state index in [0.717, 1.165) is 16.3 Å². The van der Waals surface area contributed by atoms with Crippen LogP contribution in [0.5, 0.6) is 0 Å². The summed E-state index contributed by atoms with van der Waals surface area (Å²) in [6.07, 6.45) is 3.69. The molecule has 4 heterocycles. The van der Waals surface area contributed by atoms with Gasteiger partial charge in [-0.15, -0.1) is 0 Å². The molecule has 1 atom stereocenters. The number of furan rings is 1. The van der Waals surface area contributed by atoms with Crippen molar-refractivity contribution in [2.45, 2.75) is 19.4 Å². The van der Waals surface area contributed by atoms with Crippen LogP contribution in [0.1, 0.15) is 29.9 Å². The van der Waals surface area contributed by atoms with E-state index >= 15 is 0 Å². The van der Waals surface area contributed by atoms with Crippen LogP contribution < -0.4 is 5.56 Å². The van der Waals surface area contributed by atoms with Crippen LogP contribution in [0, 0.1) is 0 Å². The number of aryl methyl sites for hydroxylation is 1. The van der Waals surface area contributed by atoms with Gasteiger partial charge in [-0.2, -0.15) is 5.10 Å². The highest BCUT2D eigenvalue weighted by Gasteiger charge is 2.32. The number of hydrogen-bond acceptors (Lipinski definition) is 5. The average Bonchev–Trinajstić information content (AvgIpc) is 3.49. The molecular weight excluding hydrogens is 422 g/mol. The summed E-state index contributed by atoms with van der Waals surface area (Å²) in [7, 11) is 1.61. The van der Waals surface area contributed by atoms with Crippen LogP contribution in [0.2, 0.25) is 0 Å². The Kier molecular flexibility index (Phi) is 5.24. The van der Waals surface area contributed by atoms with E-state index in [2.05, 4.69) is 5.10 Å². The highest BCUT2D eigenvalue weighted by Crippen LogP contribution is 2.31. The third kappa shape index (κ3) is 3.40. The monoisotopic (exact) mass is 447 g/mol. The van der Waals surface area contributed by atoms with E-state index in [0.29, 0.717) is 43.9 Å². The van der Waals surface area contributed by atoms with E-state index in [1.807, 2.05) is 35.8 Å².